The van der Waals surface area contributed by atoms with Crippen molar-refractivity contribution in [3.63, 3.8) is 0 Å². The Kier molecular flexibility index (Phi) is 9.44. The third-order valence-electron chi connectivity index (χ3n) is 5.22. The maximum atomic E-state index is 14.6. The molecule has 0 atom stereocenters. The number of rotatable bonds is 12. The molecule has 0 heterocycles. The number of nitrogens with two attached hydrogens (primary N) is 2. The van der Waals surface area contributed by atoms with Crippen LogP contribution in [0.1, 0.15) is 29.5 Å². The monoisotopic (exact) mass is 507 g/mol. The summed E-state index contributed by atoms with van der Waals surface area (Å²) in [6, 6.07) is 18.3. The van der Waals surface area contributed by atoms with E-state index in [0.717, 1.165) is 5.56 Å². The van der Waals surface area contributed by atoms with Gasteiger partial charge in [-0.2, -0.15) is 14.0 Å². The number of benzene rings is 3. The predicted molar refractivity (Wildman–Crippen MR) is 137 cm³/mol. The molecule has 3 aromatic carbocycles. The summed E-state index contributed by atoms with van der Waals surface area (Å²) in [5, 5.41) is 8.52. The van der Waals surface area contributed by atoms with Crippen molar-refractivity contribution in [2.24, 2.45) is 0 Å². The smallest absolute Gasteiger partial charge is 0.426 e. The summed E-state index contributed by atoms with van der Waals surface area (Å²) in [6.07, 6.45) is 0.526. The molecular formula is C28H27F2N3O4. The molecule has 9 heteroatoms. The van der Waals surface area contributed by atoms with Crippen LogP contribution in [0.2, 0.25) is 0 Å². The Morgan fingerprint density at radius 2 is 1.68 bits per heavy atom. The summed E-state index contributed by atoms with van der Waals surface area (Å²) in [4.78, 5) is 12.0. The first-order chi connectivity index (χ1) is 17.8. The van der Waals surface area contributed by atoms with Gasteiger partial charge in [-0.15, -0.1) is 0 Å². The highest BCUT2D eigenvalue weighted by Crippen LogP contribution is 2.32. The first-order valence-corrected chi connectivity index (χ1v) is 11.5. The summed E-state index contributed by atoms with van der Waals surface area (Å²) >= 11 is 0. The number of carbonyl (C=O) groups is 1. The third-order valence-corrected chi connectivity index (χ3v) is 5.22. The minimum absolute atomic E-state index is 0.0261. The lowest BCUT2D eigenvalue weighted by molar-refractivity contribution is -0.185. The molecule has 0 amide bonds. The second kappa shape index (κ2) is 12.9. The summed E-state index contributed by atoms with van der Waals surface area (Å²) in [5.74, 6) is -0.0938. The number of nitrogen functional groups attached to an aromatic ring is 2. The van der Waals surface area contributed by atoms with Crippen molar-refractivity contribution in [3.05, 3.63) is 89.5 Å². The maximum absolute atomic E-state index is 14.6. The van der Waals surface area contributed by atoms with Gasteiger partial charge in [0.1, 0.15) is 11.5 Å². The van der Waals surface area contributed by atoms with Crippen molar-refractivity contribution >= 4 is 23.4 Å². The average Bonchev–Trinajstić information content (AvgIpc) is 2.88. The van der Waals surface area contributed by atoms with E-state index in [1.807, 2.05) is 6.07 Å². The lowest BCUT2D eigenvalue weighted by atomic mass is 10.1. The van der Waals surface area contributed by atoms with Gasteiger partial charge in [0.15, 0.2) is 0 Å². The van der Waals surface area contributed by atoms with E-state index >= 15 is 0 Å². The molecule has 0 saturated carbocycles. The van der Waals surface area contributed by atoms with Crippen molar-refractivity contribution in [1.29, 1.82) is 5.26 Å². The van der Waals surface area contributed by atoms with Crippen LogP contribution >= 0.6 is 0 Å². The van der Waals surface area contributed by atoms with Crippen LogP contribution in [0.15, 0.2) is 72.8 Å². The summed E-state index contributed by atoms with van der Waals surface area (Å²) in [7, 11) is 0. The zero-order valence-electron chi connectivity index (χ0n) is 20.0. The molecule has 192 valence electrons. The first kappa shape index (κ1) is 27.0. The summed E-state index contributed by atoms with van der Waals surface area (Å²) in [5.41, 5.74) is 13.6. The Morgan fingerprint density at radius 3 is 2.35 bits per heavy atom. The zero-order chi connectivity index (χ0) is 26.7. The molecule has 0 fully saturated rings. The normalized spacial score (nSPS) is 11.2. The molecule has 0 saturated heterocycles. The Labute approximate surface area is 213 Å². The minimum atomic E-state index is -3.57. The van der Waals surface area contributed by atoms with Crippen LogP contribution in [0.4, 0.5) is 20.2 Å². The molecule has 0 spiro atoms. The Bertz CT molecular complexity index is 1250. The number of alkyl halides is 2. The molecule has 0 aliphatic carbocycles. The number of hydrogen-bond donors (Lipinski definition) is 2. The molecule has 7 nitrogen and oxygen atoms in total. The molecule has 0 aromatic heterocycles. The fourth-order valence-corrected chi connectivity index (χ4v) is 3.26. The van der Waals surface area contributed by atoms with Gasteiger partial charge < -0.3 is 25.7 Å². The van der Waals surface area contributed by atoms with Crippen LogP contribution in [0.5, 0.6) is 11.5 Å². The maximum Gasteiger partial charge on any atom is 0.426 e. The largest absolute Gasteiger partial charge is 0.494 e. The lowest BCUT2D eigenvalue weighted by Crippen LogP contribution is -2.21. The molecule has 4 N–H and O–H groups in total. The van der Waals surface area contributed by atoms with Crippen LogP contribution in [0, 0.1) is 11.3 Å². The van der Waals surface area contributed by atoms with Crippen molar-refractivity contribution in [2.75, 3.05) is 24.7 Å². The second-order valence-electron chi connectivity index (χ2n) is 8.03. The van der Waals surface area contributed by atoms with Crippen LogP contribution in [-0.4, -0.2) is 19.2 Å². The number of hydrogen-bond acceptors (Lipinski definition) is 7. The zero-order valence-corrected chi connectivity index (χ0v) is 20.0. The van der Waals surface area contributed by atoms with Gasteiger partial charge in [-0.05, 0) is 72.2 Å². The van der Waals surface area contributed by atoms with Gasteiger partial charge in [-0.1, -0.05) is 18.2 Å². The van der Waals surface area contributed by atoms with Crippen molar-refractivity contribution in [3.8, 4) is 17.6 Å². The van der Waals surface area contributed by atoms with E-state index in [4.69, 9.17) is 30.9 Å². The predicted octanol–water partition coefficient (Wildman–Crippen LogP) is 5.46. The van der Waals surface area contributed by atoms with E-state index in [-0.39, 0.29) is 17.9 Å². The molecule has 0 radical (unpaired) electrons. The number of halogens is 2. The van der Waals surface area contributed by atoms with Gasteiger partial charge in [-0.25, -0.2) is 4.79 Å². The lowest BCUT2D eigenvalue weighted by Gasteiger charge is -2.18. The van der Waals surface area contributed by atoms with E-state index in [2.05, 4.69) is 0 Å². The van der Waals surface area contributed by atoms with Gasteiger partial charge in [0.2, 0.25) is 0 Å². The van der Waals surface area contributed by atoms with E-state index in [9.17, 15) is 13.6 Å². The van der Waals surface area contributed by atoms with E-state index < -0.39 is 12.1 Å². The van der Waals surface area contributed by atoms with E-state index in [1.165, 1.54) is 60.7 Å². The topological polar surface area (TPSA) is 121 Å². The molecular weight excluding hydrogens is 480 g/mol. The van der Waals surface area contributed by atoms with E-state index in [1.54, 1.807) is 18.2 Å². The van der Waals surface area contributed by atoms with Gasteiger partial charge in [0.25, 0.3) is 0 Å². The molecule has 0 aliphatic heterocycles. The average molecular weight is 508 g/mol. The number of carbonyl (C=O) groups excluding carboxylic acids is 1. The van der Waals surface area contributed by atoms with Crippen LogP contribution in [0.3, 0.4) is 0 Å². The van der Waals surface area contributed by atoms with E-state index in [0.29, 0.717) is 48.6 Å². The summed E-state index contributed by atoms with van der Waals surface area (Å²) < 4.78 is 44.7. The number of anilines is 2. The Hall–Kier alpha value is -4.58. The van der Waals surface area contributed by atoms with Crippen molar-refractivity contribution in [1.82, 2.24) is 0 Å². The quantitative estimate of drug-likeness (QED) is 0.144. The van der Waals surface area contributed by atoms with Crippen LogP contribution in [0.25, 0.3) is 6.08 Å². The molecule has 0 bridgehead atoms. The standard InChI is InChI=1S/C28H27F2N3O4/c29-28(30,37-25-12-10-24(11-13-25)35-17-2-1-16-31)22-7-3-20(4-8-22)5-14-27(34)36-18-15-21-6-9-23(32)19-26(21)33/h3-14,19H,1-2,15,17-18,32-33H2/b14-5+. The Morgan fingerprint density at radius 1 is 0.973 bits per heavy atom. The first-order valence-electron chi connectivity index (χ1n) is 11.5. The highest BCUT2D eigenvalue weighted by molar-refractivity contribution is 5.87. The summed E-state index contributed by atoms with van der Waals surface area (Å²) in [6.45, 7) is 0.495. The molecule has 3 rings (SSSR count). The number of unbranched alkanes of at least 4 members (excludes halogenated alkanes) is 1. The van der Waals surface area contributed by atoms with Gasteiger partial charge >= 0.3 is 12.1 Å². The van der Waals surface area contributed by atoms with Crippen LogP contribution < -0.4 is 20.9 Å². The molecule has 37 heavy (non-hydrogen) atoms. The highest BCUT2D eigenvalue weighted by Gasteiger charge is 2.34. The van der Waals surface area contributed by atoms with Crippen molar-refractivity contribution < 1.29 is 27.8 Å². The number of esters is 1. The van der Waals surface area contributed by atoms with Crippen molar-refractivity contribution in [2.45, 2.75) is 25.4 Å². The highest BCUT2D eigenvalue weighted by atomic mass is 19.3. The fourth-order valence-electron chi connectivity index (χ4n) is 3.26. The Balaban J connectivity index is 1.48. The fraction of sp³-hybridized carbons (Fsp3) is 0.214. The van der Waals surface area contributed by atoms with Gasteiger partial charge in [0.05, 0.1) is 24.8 Å². The number of ether oxygens (including phenoxy) is 3. The third kappa shape index (κ3) is 8.54. The number of nitriles is 1. The number of nitrogens with zero attached hydrogens (tertiary/aromatic N) is 1. The molecule has 3 aromatic rings. The molecule has 0 unspecified atom stereocenters. The van der Waals surface area contributed by atoms with Gasteiger partial charge in [0, 0.05) is 30.3 Å². The SMILES string of the molecule is N#CCCCOc1ccc(OC(F)(F)c2ccc(/C=C/C(=O)OCCc3ccc(N)cc3N)cc2)cc1. The van der Waals surface area contributed by atoms with Gasteiger partial charge in [-0.3, -0.25) is 0 Å². The minimum Gasteiger partial charge on any atom is -0.494 e. The second-order valence-corrected chi connectivity index (χ2v) is 8.03. The van der Waals surface area contributed by atoms with Crippen LogP contribution in [-0.2, 0) is 22.1 Å². The molecule has 0 aliphatic rings.